The highest BCUT2D eigenvalue weighted by Gasteiger charge is 2.52. The van der Waals surface area contributed by atoms with Crippen LogP contribution in [0.5, 0.6) is 0 Å². The molecule has 0 radical (unpaired) electrons. The minimum atomic E-state index is -1.40. The third-order valence-electron chi connectivity index (χ3n) is 8.33. The molecule has 0 unspecified atom stereocenters. The minimum Gasteiger partial charge on any atom is -0.394 e. The van der Waals surface area contributed by atoms with Crippen LogP contribution in [0.15, 0.2) is 46.5 Å². The van der Waals surface area contributed by atoms with Crippen LogP contribution in [0, 0.1) is 11.6 Å². The van der Waals surface area contributed by atoms with E-state index in [2.05, 4.69) is 31.2 Å². The number of halogens is 3. The van der Waals surface area contributed by atoms with E-state index in [0.29, 0.717) is 24.0 Å². The highest BCUT2D eigenvalue weighted by Crippen LogP contribution is 2.37. The Morgan fingerprint density at radius 2 is 1.95 bits per heavy atom. The van der Waals surface area contributed by atoms with E-state index >= 15 is 0 Å². The van der Waals surface area contributed by atoms with Crippen molar-refractivity contribution in [2.45, 2.75) is 68.3 Å². The third kappa shape index (κ3) is 5.66. The maximum absolute atomic E-state index is 14.6. The van der Waals surface area contributed by atoms with Gasteiger partial charge in [0.15, 0.2) is 6.10 Å². The average molecular weight is 695 g/mol. The predicted molar refractivity (Wildman–Crippen MR) is 160 cm³/mol. The molecule has 11 nitrogen and oxygen atoms in total. The first-order chi connectivity index (χ1) is 21.2. The van der Waals surface area contributed by atoms with E-state index in [9.17, 15) is 28.9 Å². The van der Waals surface area contributed by atoms with Crippen molar-refractivity contribution in [2.24, 2.45) is 0 Å². The van der Waals surface area contributed by atoms with Crippen molar-refractivity contribution >= 4 is 49.1 Å². The topological polar surface area (TPSA) is 143 Å². The standard InChI is InChI=1S/C29H30BrF2N5O6S/c1-42-27-25(36-11-19(34-35-36)14-8-16(31)24(30)17(32)9-14)26(40)22(12-38)43-28(27)29(41)37(20-4-2-3-5-21(20)39)15-6-7-23-18(10-15)33-13-44-23/h6-11,13,20-22,25-28,38-40H,2-5,12H2,1H3/t20-,21-,22+,25-,26-,27+,28+/m0/s1. The number of rotatable bonds is 7. The van der Waals surface area contributed by atoms with Gasteiger partial charge in [-0.3, -0.25) is 4.79 Å². The normalized spacial score (nSPS) is 27.5. The fraction of sp³-hybridized carbons (Fsp3) is 0.448. The van der Waals surface area contributed by atoms with Crippen molar-refractivity contribution in [3.63, 3.8) is 0 Å². The molecule has 3 N–H and O–H groups in total. The molecule has 3 heterocycles. The molecule has 2 aromatic carbocycles. The Morgan fingerprint density at radius 1 is 1.20 bits per heavy atom. The Bertz CT molecular complexity index is 1630. The van der Waals surface area contributed by atoms with Crippen LogP contribution < -0.4 is 4.90 Å². The number of fused-ring (bicyclic) bond motifs is 1. The Balaban J connectivity index is 1.39. The summed E-state index contributed by atoms with van der Waals surface area (Å²) in [4.78, 5) is 20.5. The highest BCUT2D eigenvalue weighted by atomic mass is 79.9. The zero-order valence-electron chi connectivity index (χ0n) is 23.5. The highest BCUT2D eigenvalue weighted by molar-refractivity contribution is 9.10. The predicted octanol–water partition coefficient (Wildman–Crippen LogP) is 3.61. The number of aromatic nitrogens is 4. The lowest BCUT2D eigenvalue weighted by molar-refractivity contribution is -0.211. The number of carbonyl (C=O) groups is 1. The molecule has 1 saturated carbocycles. The zero-order valence-corrected chi connectivity index (χ0v) is 25.9. The molecule has 2 aliphatic rings. The number of aliphatic hydroxyl groups is 3. The molecule has 15 heteroatoms. The van der Waals surface area contributed by atoms with E-state index in [4.69, 9.17) is 9.47 Å². The number of nitrogens with zero attached hydrogens (tertiary/aromatic N) is 5. The molecular formula is C29H30BrF2N5O6S. The fourth-order valence-corrected chi connectivity index (χ4v) is 7.01. The van der Waals surface area contributed by atoms with Gasteiger partial charge in [-0.25, -0.2) is 18.4 Å². The van der Waals surface area contributed by atoms with Gasteiger partial charge < -0.3 is 29.7 Å². The van der Waals surface area contributed by atoms with Crippen LogP contribution in [0.2, 0.25) is 0 Å². The number of ether oxygens (including phenoxy) is 2. The van der Waals surface area contributed by atoms with Crippen LogP contribution >= 0.6 is 27.3 Å². The van der Waals surface area contributed by atoms with Crippen LogP contribution in [0.1, 0.15) is 31.7 Å². The largest absolute Gasteiger partial charge is 0.394 e. The zero-order chi connectivity index (χ0) is 31.1. The van der Waals surface area contributed by atoms with Crippen molar-refractivity contribution in [3.05, 3.63) is 58.1 Å². The van der Waals surface area contributed by atoms with E-state index in [-0.39, 0.29) is 15.7 Å². The average Bonchev–Trinajstić information content (AvgIpc) is 3.70. The molecule has 7 atom stereocenters. The molecule has 1 aliphatic carbocycles. The minimum absolute atomic E-state index is 0.103. The molecule has 234 valence electrons. The molecule has 1 amide bonds. The summed E-state index contributed by atoms with van der Waals surface area (Å²) in [6.45, 7) is -0.626. The monoisotopic (exact) mass is 693 g/mol. The number of anilines is 1. The molecule has 2 fully saturated rings. The van der Waals surface area contributed by atoms with Gasteiger partial charge >= 0.3 is 0 Å². The molecule has 1 aliphatic heterocycles. The van der Waals surface area contributed by atoms with E-state index < -0.39 is 66.8 Å². The summed E-state index contributed by atoms with van der Waals surface area (Å²) < 4.78 is 42.2. The number of thiazole rings is 1. The number of benzene rings is 2. The summed E-state index contributed by atoms with van der Waals surface area (Å²) in [6, 6.07) is 5.96. The number of methoxy groups -OCH3 is 1. The van der Waals surface area contributed by atoms with Crippen LogP contribution in [0.25, 0.3) is 21.5 Å². The number of carbonyl (C=O) groups excluding carboxylic acids is 1. The molecule has 2 aromatic heterocycles. The Hall–Kier alpha value is -2.92. The molecule has 44 heavy (non-hydrogen) atoms. The van der Waals surface area contributed by atoms with Gasteiger partial charge in [-0.1, -0.05) is 18.1 Å². The maximum Gasteiger partial charge on any atom is 0.259 e. The quantitative estimate of drug-likeness (QED) is 0.248. The Kier molecular flexibility index (Phi) is 9.06. The Labute approximate surface area is 263 Å². The van der Waals surface area contributed by atoms with Crippen molar-refractivity contribution in [2.75, 3.05) is 18.6 Å². The SMILES string of the molecule is CO[C@@H]1[C@@H](n2cc(-c3cc(F)c(Br)c(F)c3)nn2)[C@@H](O)[C@@H](CO)O[C@H]1C(=O)N(c1ccc2scnc2c1)[C@H]1CCCC[C@@H]1O. The first-order valence-electron chi connectivity index (χ1n) is 14.1. The first kappa shape index (κ1) is 31.1. The lowest BCUT2D eigenvalue weighted by Gasteiger charge is -2.46. The van der Waals surface area contributed by atoms with Crippen molar-refractivity contribution in [1.82, 2.24) is 20.0 Å². The van der Waals surface area contributed by atoms with Crippen LogP contribution in [0.3, 0.4) is 0 Å². The second kappa shape index (κ2) is 12.8. The number of hydrogen-bond donors (Lipinski definition) is 3. The summed E-state index contributed by atoms with van der Waals surface area (Å²) in [5, 5.41) is 40.6. The fourth-order valence-electron chi connectivity index (χ4n) is 6.13. The number of hydrogen-bond acceptors (Lipinski definition) is 10. The molecule has 0 spiro atoms. The molecular weight excluding hydrogens is 664 g/mol. The van der Waals surface area contributed by atoms with Crippen LogP contribution in [-0.2, 0) is 14.3 Å². The van der Waals surface area contributed by atoms with Crippen molar-refractivity contribution in [1.29, 1.82) is 0 Å². The second-order valence-corrected chi connectivity index (χ2v) is 12.6. The Morgan fingerprint density at radius 3 is 2.66 bits per heavy atom. The second-order valence-electron chi connectivity index (χ2n) is 10.9. The van der Waals surface area contributed by atoms with E-state index in [1.165, 1.54) is 34.2 Å². The van der Waals surface area contributed by atoms with E-state index in [0.717, 1.165) is 29.7 Å². The summed E-state index contributed by atoms with van der Waals surface area (Å²) in [7, 11) is 1.35. The third-order valence-corrected chi connectivity index (χ3v) is 9.90. The van der Waals surface area contributed by atoms with Crippen molar-refractivity contribution in [3.8, 4) is 11.3 Å². The molecule has 1 saturated heterocycles. The van der Waals surface area contributed by atoms with Crippen LogP contribution in [-0.4, -0.2) is 91.5 Å². The van der Waals surface area contributed by atoms with E-state index in [1.807, 2.05) is 6.07 Å². The lowest BCUT2D eigenvalue weighted by Crippen LogP contribution is -2.63. The molecule has 6 rings (SSSR count). The van der Waals surface area contributed by atoms with Gasteiger partial charge in [0.05, 0.1) is 45.1 Å². The van der Waals surface area contributed by atoms with Gasteiger partial charge in [0.25, 0.3) is 5.91 Å². The van der Waals surface area contributed by atoms with Crippen LogP contribution in [0.4, 0.5) is 14.5 Å². The number of amides is 1. The smallest absolute Gasteiger partial charge is 0.259 e. The summed E-state index contributed by atoms with van der Waals surface area (Å²) in [5.41, 5.74) is 3.13. The van der Waals surface area contributed by atoms with Gasteiger partial charge in [0, 0.05) is 18.4 Å². The van der Waals surface area contributed by atoms with E-state index in [1.54, 1.807) is 17.6 Å². The van der Waals surface area contributed by atoms with Gasteiger partial charge in [0.1, 0.15) is 41.7 Å². The lowest BCUT2D eigenvalue weighted by atomic mass is 9.88. The molecule has 4 aromatic rings. The van der Waals surface area contributed by atoms with Gasteiger partial charge in [-0.2, -0.15) is 0 Å². The van der Waals surface area contributed by atoms with Gasteiger partial charge in [-0.15, -0.1) is 16.4 Å². The summed E-state index contributed by atoms with van der Waals surface area (Å²) >= 11 is 4.32. The first-order valence-corrected chi connectivity index (χ1v) is 15.8. The van der Waals surface area contributed by atoms with Gasteiger partial charge in [0.2, 0.25) is 0 Å². The van der Waals surface area contributed by atoms with Gasteiger partial charge in [-0.05, 0) is 59.1 Å². The summed E-state index contributed by atoms with van der Waals surface area (Å²) in [5.74, 6) is -2.20. The summed E-state index contributed by atoms with van der Waals surface area (Å²) in [6.07, 6.45) is -1.81. The number of aliphatic hydroxyl groups excluding tert-OH is 3. The maximum atomic E-state index is 14.6. The molecule has 0 bridgehead atoms. The van der Waals surface area contributed by atoms with Crippen molar-refractivity contribution < 1.29 is 38.4 Å².